The number of hydrogen-bond donors (Lipinski definition) is 1. The van der Waals surface area contributed by atoms with E-state index in [1.54, 1.807) is 0 Å². The predicted octanol–water partition coefficient (Wildman–Crippen LogP) is 16.0. The molecule has 0 saturated heterocycles. The first-order valence-electron chi connectivity index (χ1n) is 32.7. The molecule has 0 aromatic heterocycles. The maximum Gasteiger partial charge on any atom is 0.409 e. The first-order chi connectivity index (χ1) is 37.6. The van der Waals surface area contributed by atoms with Crippen molar-refractivity contribution in [1.29, 1.82) is 0 Å². The fourth-order valence-corrected chi connectivity index (χ4v) is 9.98. The molecule has 0 bridgehead atoms. The van der Waals surface area contributed by atoms with Gasteiger partial charge in [0.2, 0.25) is 0 Å². The molecule has 0 saturated carbocycles. The third-order valence-corrected chi connectivity index (χ3v) is 15.3. The summed E-state index contributed by atoms with van der Waals surface area (Å²) >= 11 is 0. The molecule has 0 fully saturated rings. The van der Waals surface area contributed by atoms with E-state index in [9.17, 15) is 24.3 Å². The quantitative estimate of drug-likeness (QED) is 0.0354. The van der Waals surface area contributed by atoms with Gasteiger partial charge in [-0.05, 0) is 89.5 Å². The highest BCUT2D eigenvalue weighted by Crippen LogP contribution is 2.21. The van der Waals surface area contributed by atoms with E-state index in [1.165, 1.54) is 116 Å². The Morgan fingerprint density at radius 3 is 1.03 bits per heavy atom. The van der Waals surface area contributed by atoms with Crippen molar-refractivity contribution in [1.82, 2.24) is 19.6 Å². The lowest BCUT2D eigenvalue weighted by Crippen LogP contribution is -2.40. The lowest BCUT2D eigenvalue weighted by molar-refractivity contribution is -0.146. The van der Waals surface area contributed by atoms with Gasteiger partial charge in [0.05, 0.1) is 13.2 Å². The van der Waals surface area contributed by atoms with Crippen LogP contribution >= 0.6 is 0 Å². The number of carbonyl (C=O) groups is 4. The molecule has 0 aromatic rings. The standard InChI is InChI=1S/C64H126N4O9/c1-8-14-20-22-24-34-46-67(48-36-26-32-43-61(70)76-57-59(39-28-16-10-3)40-29-17-11-4)63(72)74-55-52-66(51-50-65(7)45-38-54-69)53-56-75-64(73)68(47-35-25-23-21-15-9-2)49-37-27-33-44-62(71)77-58-60(41-30-18-12-5)42-31-19-13-6/h59-60,69H,8-58H2,1-7H3. The maximum atomic E-state index is 13.7. The Morgan fingerprint density at radius 1 is 0.351 bits per heavy atom. The van der Waals surface area contributed by atoms with Gasteiger partial charge in [-0.1, -0.05) is 196 Å². The number of likely N-dealkylation sites (N-methyl/N-ethyl adjacent to an activating group) is 1. The average molecular weight is 1100 g/mol. The smallest absolute Gasteiger partial charge is 0.409 e. The van der Waals surface area contributed by atoms with Gasteiger partial charge in [-0.2, -0.15) is 0 Å². The third-order valence-electron chi connectivity index (χ3n) is 15.3. The van der Waals surface area contributed by atoms with Crippen LogP contribution < -0.4 is 0 Å². The number of esters is 2. The van der Waals surface area contributed by atoms with Crippen molar-refractivity contribution in [3.63, 3.8) is 0 Å². The van der Waals surface area contributed by atoms with E-state index in [2.05, 4.69) is 51.3 Å². The van der Waals surface area contributed by atoms with Crippen molar-refractivity contribution in [2.75, 3.05) is 99.0 Å². The maximum absolute atomic E-state index is 13.7. The van der Waals surface area contributed by atoms with Crippen LogP contribution in [0.1, 0.15) is 279 Å². The van der Waals surface area contributed by atoms with E-state index >= 15 is 0 Å². The summed E-state index contributed by atoms with van der Waals surface area (Å²) in [5.41, 5.74) is 0. The van der Waals surface area contributed by atoms with Gasteiger partial charge in [-0.3, -0.25) is 14.5 Å². The summed E-state index contributed by atoms with van der Waals surface area (Å²) in [4.78, 5) is 61.0. The number of rotatable bonds is 58. The summed E-state index contributed by atoms with van der Waals surface area (Å²) in [6.45, 7) is 20.7. The molecule has 0 radical (unpaired) electrons. The summed E-state index contributed by atoms with van der Waals surface area (Å²) < 4.78 is 23.5. The van der Waals surface area contributed by atoms with Crippen LogP contribution in [0.5, 0.6) is 0 Å². The van der Waals surface area contributed by atoms with Crippen LogP contribution in [0.4, 0.5) is 9.59 Å². The molecule has 0 aromatic carbocycles. The summed E-state index contributed by atoms with van der Waals surface area (Å²) in [6, 6.07) is 0. The van der Waals surface area contributed by atoms with Crippen molar-refractivity contribution in [2.45, 2.75) is 279 Å². The van der Waals surface area contributed by atoms with Crippen LogP contribution in [0.3, 0.4) is 0 Å². The molecule has 0 heterocycles. The van der Waals surface area contributed by atoms with E-state index in [0.717, 1.165) is 116 Å². The average Bonchev–Trinajstić information content (AvgIpc) is 3.42. The second-order valence-electron chi connectivity index (χ2n) is 22.7. The normalized spacial score (nSPS) is 11.6. The Hall–Kier alpha value is -2.64. The van der Waals surface area contributed by atoms with Gasteiger partial charge >= 0.3 is 24.1 Å². The van der Waals surface area contributed by atoms with Gasteiger partial charge in [0, 0.05) is 78.4 Å². The highest BCUT2D eigenvalue weighted by molar-refractivity contribution is 5.70. The van der Waals surface area contributed by atoms with E-state index in [4.69, 9.17) is 18.9 Å². The Balaban J connectivity index is 5.47. The zero-order valence-electron chi connectivity index (χ0n) is 51.7. The monoisotopic (exact) mass is 1090 g/mol. The largest absolute Gasteiger partial charge is 0.465 e. The minimum Gasteiger partial charge on any atom is -0.465 e. The van der Waals surface area contributed by atoms with Gasteiger partial charge in [-0.25, -0.2) is 9.59 Å². The van der Waals surface area contributed by atoms with Crippen LogP contribution in [0.2, 0.25) is 0 Å². The zero-order valence-corrected chi connectivity index (χ0v) is 51.7. The molecule has 456 valence electrons. The van der Waals surface area contributed by atoms with Gasteiger partial charge < -0.3 is 38.8 Å². The second-order valence-corrected chi connectivity index (χ2v) is 22.7. The molecule has 0 unspecified atom stereocenters. The Labute approximate surface area is 475 Å². The minimum atomic E-state index is -0.298. The van der Waals surface area contributed by atoms with E-state index < -0.39 is 0 Å². The van der Waals surface area contributed by atoms with Gasteiger partial charge in [0.25, 0.3) is 0 Å². The van der Waals surface area contributed by atoms with Crippen molar-refractivity contribution in [3.8, 4) is 0 Å². The van der Waals surface area contributed by atoms with Gasteiger partial charge in [0.15, 0.2) is 0 Å². The number of aliphatic hydroxyl groups is 1. The first-order valence-corrected chi connectivity index (χ1v) is 32.7. The predicted molar refractivity (Wildman–Crippen MR) is 321 cm³/mol. The molecule has 13 heteroatoms. The topological polar surface area (TPSA) is 138 Å². The molecule has 1 N–H and O–H groups in total. The molecule has 0 aliphatic rings. The molecular formula is C64H126N4O9. The second kappa shape index (κ2) is 56.6. The Morgan fingerprint density at radius 2 is 0.675 bits per heavy atom. The number of ether oxygens (including phenoxy) is 4. The molecule has 0 aliphatic heterocycles. The number of hydrogen-bond acceptors (Lipinski definition) is 11. The van der Waals surface area contributed by atoms with Crippen LogP contribution in [0.25, 0.3) is 0 Å². The van der Waals surface area contributed by atoms with Crippen LogP contribution in [0, 0.1) is 11.8 Å². The molecular weight excluding hydrogens is 969 g/mol. The van der Waals surface area contributed by atoms with Crippen molar-refractivity contribution in [3.05, 3.63) is 0 Å². The summed E-state index contributed by atoms with van der Waals surface area (Å²) in [6.07, 6.45) is 38.4. The Kier molecular flexibility index (Phi) is 54.7. The van der Waals surface area contributed by atoms with E-state index in [1.807, 2.05) is 16.8 Å². The van der Waals surface area contributed by atoms with Crippen molar-refractivity contribution >= 4 is 24.1 Å². The summed E-state index contributed by atoms with van der Waals surface area (Å²) in [5, 5.41) is 9.43. The van der Waals surface area contributed by atoms with E-state index in [-0.39, 0.29) is 43.9 Å². The minimum absolute atomic E-state index is 0.106. The third kappa shape index (κ3) is 47.8. The molecule has 13 nitrogen and oxygen atoms in total. The number of amides is 2. The SMILES string of the molecule is CCCCCCCCN(CCCCCC(=O)OCC(CCCCC)CCCCC)C(=O)OCCN(CCOC(=O)N(CCCCCCCC)CCCCCC(=O)OCC(CCCCC)CCCCC)CCN(C)CCCO. The van der Waals surface area contributed by atoms with Gasteiger partial charge in [-0.15, -0.1) is 0 Å². The molecule has 0 aliphatic carbocycles. The van der Waals surface area contributed by atoms with Gasteiger partial charge in [0.1, 0.15) is 13.2 Å². The lowest BCUT2D eigenvalue weighted by atomic mass is 9.96. The van der Waals surface area contributed by atoms with Crippen LogP contribution in [-0.2, 0) is 28.5 Å². The highest BCUT2D eigenvalue weighted by Gasteiger charge is 2.20. The van der Waals surface area contributed by atoms with Crippen molar-refractivity contribution in [2.24, 2.45) is 11.8 Å². The first kappa shape index (κ1) is 74.4. The fraction of sp³-hybridized carbons (Fsp3) is 0.938. The lowest BCUT2D eigenvalue weighted by Gasteiger charge is -2.27. The number of carbonyl (C=O) groups excluding carboxylic acids is 4. The number of unbranched alkanes of at least 4 members (excludes halogenated alkanes) is 22. The molecule has 0 atom stereocenters. The summed E-state index contributed by atoms with van der Waals surface area (Å²) in [7, 11) is 2.04. The van der Waals surface area contributed by atoms with Crippen LogP contribution in [-0.4, -0.2) is 148 Å². The summed E-state index contributed by atoms with van der Waals surface area (Å²) in [5.74, 6) is 0.700. The Bertz CT molecular complexity index is 1220. The van der Waals surface area contributed by atoms with Crippen LogP contribution in [0.15, 0.2) is 0 Å². The molecule has 0 spiro atoms. The highest BCUT2D eigenvalue weighted by atomic mass is 16.6. The zero-order chi connectivity index (χ0) is 56.7. The van der Waals surface area contributed by atoms with Crippen molar-refractivity contribution < 1.29 is 43.2 Å². The molecule has 2 amide bonds. The number of nitrogens with zero attached hydrogens (tertiary/aromatic N) is 4. The molecule has 0 rings (SSSR count). The fourth-order valence-electron chi connectivity index (χ4n) is 9.98. The molecule has 77 heavy (non-hydrogen) atoms. The number of aliphatic hydroxyl groups excluding tert-OH is 1. The van der Waals surface area contributed by atoms with E-state index in [0.29, 0.717) is 90.1 Å².